The zero-order valence-corrected chi connectivity index (χ0v) is 19.5. The van der Waals surface area contributed by atoms with Crippen LogP contribution < -0.4 is 10.6 Å². The fourth-order valence-electron chi connectivity index (χ4n) is 2.10. The molecule has 0 radical (unpaired) electrons. The van der Waals surface area contributed by atoms with Crippen molar-refractivity contribution in [3.05, 3.63) is 22.4 Å². The lowest BCUT2D eigenvalue weighted by Gasteiger charge is -2.17. The third kappa shape index (κ3) is 9.20. The van der Waals surface area contributed by atoms with Gasteiger partial charge in [-0.05, 0) is 42.7 Å². The third-order valence-electron chi connectivity index (χ3n) is 3.76. The Balaban J connectivity index is 0.00000576. The molecule has 1 rings (SSSR count). The Morgan fingerprint density at radius 3 is 2.64 bits per heavy atom. The summed E-state index contributed by atoms with van der Waals surface area (Å²) in [5.74, 6) is 1.30. The summed E-state index contributed by atoms with van der Waals surface area (Å²) in [4.78, 5) is 4.62. The second-order valence-electron chi connectivity index (χ2n) is 5.68. The van der Waals surface area contributed by atoms with Crippen molar-refractivity contribution in [3.63, 3.8) is 0 Å². The topological polar surface area (TPSA) is 73.8 Å². The normalized spacial score (nSPS) is 13.4. The molecule has 0 aliphatic carbocycles. The van der Waals surface area contributed by atoms with E-state index in [1.807, 2.05) is 6.92 Å². The highest BCUT2D eigenvalue weighted by atomic mass is 127. The average Bonchev–Trinajstić information content (AvgIpc) is 3.10. The molecule has 2 N–H and O–H groups in total. The molecule has 0 amide bonds. The van der Waals surface area contributed by atoms with Crippen LogP contribution in [0.2, 0.25) is 0 Å². The van der Waals surface area contributed by atoms with Crippen LogP contribution in [0.5, 0.6) is 0 Å². The Morgan fingerprint density at radius 2 is 2.08 bits per heavy atom. The largest absolute Gasteiger partial charge is 0.357 e. The van der Waals surface area contributed by atoms with E-state index >= 15 is 0 Å². The quantitative estimate of drug-likeness (QED) is 0.223. The molecule has 0 saturated heterocycles. The second-order valence-corrected chi connectivity index (χ2v) is 8.82. The van der Waals surface area contributed by atoms with Gasteiger partial charge in [-0.1, -0.05) is 6.92 Å². The van der Waals surface area contributed by atoms with Crippen molar-refractivity contribution in [2.45, 2.75) is 33.1 Å². The van der Waals surface area contributed by atoms with E-state index in [0.29, 0.717) is 19.0 Å². The number of hydrogen-bond acceptors (Lipinski definition) is 4. The summed E-state index contributed by atoms with van der Waals surface area (Å²) < 4.78 is 24.8. The van der Waals surface area contributed by atoms with Crippen molar-refractivity contribution >= 4 is 51.3 Å². The van der Waals surface area contributed by atoms with Crippen molar-refractivity contribution in [1.29, 1.82) is 0 Å². The predicted molar refractivity (Wildman–Crippen MR) is 119 cm³/mol. The number of rotatable bonds is 10. The van der Waals surface area contributed by atoms with Crippen LogP contribution >= 0.6 is 35.3 Å². The van der Waals surface area contributed by atoms with Gasteiger partial charge in [-0.25, -0.2) is 12.7 Å². The first kappa shape index (κ1) is 24.6. The highest BCUT2D eigenvalue weighted by Gasteiger charge is 2.14. The van der Waals surface area contributed by atoms with Gasteiger partial charge in [0, 0.05) is 39.1 Å². The predicted octanol–water partition coefficient (Wildman–Crippen LogP) is 2.70. The van der Waals surface area contributed by atoms with Crippen LogP contribution in [-0.2, 0) is 10.0 Å². The van der Waals surface area contributed by atoms with Gasteiger partial charge in [0.2, 0.25) is 10.0 Å². The summed E-state index contributed by atoms with van der Waals surface area (Å²) in [5.41, 5.74) is 1.31. The molecule has 1 unspecified atom stereocenters. The molecule has 1 aromatic heterocycles. The third-order valence-corrected chi connectivity index (χ3v) is 6.32. The summed E-state index contributed by atoms with van der Waals surface area (Å²) in [7, 11) is -1.47. The zero-order chi connectivity index (χ0) is 18.0. The zero-order valence-electron chi connectivity index (χ0n) is 15.5. The summed E-state index contributed by atoms with van der Waals surface area (Å²) in [6, 6.07) is 2.13. The van der Waals surface area contributed by atoms with Gasteiger partial charge >= 0.3 is 0 Å². The molecule has 0 aliphatic heterocycles. The van der Waals surface area contributed by atoms with Crippen LogP contribution in [0, 0.1) is 0 Å². The minimum absolute atomic E-state index is 0. The first-order valence-electron chi connectivity index (χ1n) is 8.39. The minimum Gasteiger partial charge on any atom is -0.357 e. The maximum absolute atomic E-state index is 11.7. The Morgan fingerprint density at radius 1 is 1.36 bits per heavy atom. The molecule has 0 fully saturated rings. The summed E-state index contributed by atoms with van der Waals surface area (Å²) in [6.07, 6.45) is 0.736. The molecule has 6 nitrogen and oxygen atoms in total. The van der Waals surface area contributed by atoms with Gasteiger partial charge in [0.05, 0.1) is 5.75 Å². The molecule has 0 saturated carbocycles. The van der Waals surface area contributed by atoms with E-state index in [-0.39, 0.29) is 29.7 Å². The Bertz CT molecular complexity index is 591. The van der Waals surface area contributed by atoms with Gasteiger partial charge in [0.15, 0.2) is 5.96 Å². The van der Waals surface area contributed by atoms with E-state index in [0.717, 1.165) is 25.5 Å². The van der Waals surface area contributed by atoms with Crippen LogP contribution in [0.4, 0.5) is 0 Å². The van der Waals surface area contributed by atoms with Gasteiger partial charge < -0.3 is 10.6 Å². The number of halogens is 1. The fourth-order valence-corrected chi connectivity index (χ4v) is 3.73. The lowest BCUT2D eigenvalue weighted by molar-refractivity contribution is 0.461. The molecule has 0 bridgehead atoms. The molecule has 0 aromatic carbocycles. The van der Waals surface area contributed by atoms with Crippen LogP contribution in [0.15, 0.2) is 21.8 Å². The smallest absolute Gasteiger partial charge is 0.213 e. The number of nitrogens with zero attached hydrogens (tertiary/aromatic N) is 2. The molecule has 1 heterocycles. The number of guanidine groups is 1. The van der Waals surface area contributed by atoms with Crippen LogP contribution in [0.3, 0.4) is 0 Å². The number of nitrogens with one attached hydrogen (secondary N) is 2. The van der Waals surface area contributed by atoms with Crippen molar-refractivity contribution in [3.8, 4) is 0 Å². The van der Waals surface area contributed by atoms with Crippen molar-refractivity contribution in [1.82, 2.24) is 14.9 Å². The van der Waals surface area contributed by atoms with E-state index in [4.69, 9.17) is 0 Å². The van der Waals surface area contributed by atoms with Crippen molar-refractivity contribution < 1.29 is 8.42 Å². The fraction of sp³-hybridized carbons (Fsp3) is 0.688. The van der Waals surface area contributed by atoms with E-state index in [1.165, 1.54) is 9.87 Å². The summed E-state index contributed by atoms with van der Waals surface area (Å²) in [5, 5.41) is 10.7. The highest BCUT2D eigenvalue weighted by Crippen LogP contribution is 2.18. The first-order chi connectivity index (χ1) is 11.4. The van der Waals surface area contributed by atoms with E-state index in [1.54, 1.807) is 25.3 Å². The molecule has 146 valence electrons. The van der Waals surface area contributed by atoms with Gasteiger partial charge in [0.1, 0.15) is 0 Å². The van der Waals surface area contributed by atoms with Crippen molar-refractivity contribution in [2.75, 3.05) is 39.0 Å². The average molecular weight is 502 g/mol. The highest BCUT2D eigenvalue weighted by molar-refractivity contribution is 14.0. The summed E-state index contributed by atoms with van der Waals surface area (Å²) >= 11 is 1.70. The number of aliphatic imine (C=N–C) groups is 1. The first-order valence-corrected chi connectivity index (χ1v) is 10.9. The van der Waals surface area contributed by atoms with Crippen molar-refractivity contribution in [2.24, 2.45) is 4.99 Å². The second kappa shape index (κ2) is 12.9. The maximum atomic E-state index is 11.7. The number of hydrogen-bond donors (Lipinski definition) is 2. The standard InChI is InChI=1S/C16H30N4O2S2.HI/c1-5-17-16(19-12-14(3)15-8-11-23-13-15)18-9-7-10-20(4)24(21,22)6-2;/h8,11,13-14H,5-7,9-10,12H2,1-4H3,(H2,17,18,19);1H. The van der Waals surface area contributed by atoms with Crippen LogP contribution in [-0.4, -0.2) is 57.7 Å². The Hall–Kier alpha value is -0.390. The van der Waals surface area contributed by atoms with Crippen LogP contribution in [0.1, 0.15) is 38.7 Å². The maximum Gasteiger partial charge on any atom is 0.213 e. The molecule has 0 aliphatic rings. The molecular formula is C16H31IN4O2S2. The lowest BCUT2D eigenvalue weighted by Crippen LogP contribution is -2.39. The van der Waals surface area contributed by atoms with Gasteiger partial charge in [0.25, 0.3) is 0 Å². The van der Waals surface area contributed by atoms with Gasteiger partial charge in [-0.2, -0.15) is 11.3 Å². The molecule has 9 heteroatoms. The molecule has 0 spiro atoms. The Kier molecular flexibility index (Phi) is 12.7. The SMILES string of the molecule is CCNC(=NCC(C)c1ccsc1)NCCCN(C)S(=O)(=O)CC.I. The molecule has 25 heavy (non-hydrogen) atoms. The molecular weight excluding hydrogens is 471 g/mol. The van der Waals surface area contributed by atoms with Gasteiger partial charge in [-0.15, -0.1) is 24.0 Å². The van der Waals surface area contributed by atoms with Crippen LogP contribution in [0.25, 0.3) is 0 Å². The Labute approximate surface area is 173 Å². The van der Waals surface area contributed by atoms with E-state index < -0.39 is 10.0 Å². The monoisotopic (exact) mass is 502 g/mol. The molecule has 1 aromatic rings. The van der Waals surface area contributed by atoms with E-state index in [9.17, 15) is 8.42 Å². The minimum atomic E-state index is -3.10. The number of thiophene rings is 1. The lowest BCUT2D eigenvalue weighted by atomic mass is 10.1. The molecule has 1 atom stereocenters. The summed E-state index contributed by atoms with van der Waals surface area (Å²) in [6.45, 7) is 8.56. The van der Waals surface area contributed by atoms with Gasteiger partial charge in [-0.3, -0.25) is 4.99 Å². The van der Waals surface area contributed by atoms with E-state index in [2.05, 4.69) is 39.4 Å². The number of sulfonamides is 1.